The molecule has 1 unspecified atom stereocenters. The van der Waals surface area contributed by atoms with Gasteiger partial charge in [-0.1, -0.05) is 23.2 Å². The molecule has 3 nitrogen and oxygen atoms in total. The van der Waals surface area contributed by atoms with Crippen molar-refractivity contribution in [2.75, 3.05) is 27.2 Å². The lowest BCUT2D eigenvalue weighted by Gasteiger charge is -2.05. The van der Waals surface area contributed by atoms with Gasteiger partial charge in [0.25, 0.3) is 0 Å². The molecule has 1 rings (SSSR count). The average molecular weight is 202 g/mol. The van der Waals surface area contributed by atoms with E-state index >= 15 is 0 Å². The maximum atomic E-state index is 11.2. The SMILES string of the molecule is CC.CN(C)/C=C1/CN(P)CC1=O. The van der Waals surface area contributed by atoms with Crippen molar-refractivity contribution in [2.45, 2.75) is 13.8 Å². The van der Waals surface area contributed by atoms with Gasteiger partial charge in [0.1, 0.15) is 0 Å². The van der Waals surface area contributed by atoms with Crippen molar-refractivity contribution in [3.05, 3.63) is 11.8 Å². The summed E-state index contributed by atoms with van der Waals surface area (Å²) in [7, 11) is 6.38. The number of carbonyl (C=O) groups is 1. The van der Waals surface area contributed by atoms with Gasteiger partial charge in [-0.2, -0.15) is 0 Å². The van der Waals surface area contributed by atoms with Gasteiger partial charge in [0.15, 0.2) is 5.78 Å². The second-order valence-corrected chi connectivity index (χ2v) is 3.68. The maximum Gasteiger partial charge on any atom is 0.175 e. The highest BCUT2D eigenvalue weighted by Gasteiger charge is 2.21. The summed E-state index contributed by atoms with van der Waals surface area (Å²) in [6.45, 7) is 5.28. The molecule has 0 aliphatic carbocycles. The van der Waals surface area contributed by atoms with E-state index in [9.17, 15) is 4.79 Å². The van der Waals surface area contributed by atoms with Crippen LogP contribution in [0.3, 0.4) is 0 Å². The van der Waals surface area contributed by atoms with Crippen LogP contribution in [0.15, 0.2) is 11.8 Å². The lowest BCUT2D eigenvalue weighted by Crippen LogP contribution is -2.07. The van der Waals surface area contributed by atoms with Crippen LogP contribution in [0.4, 0.5) is 0 Å². The fourth-order valence-corrected chi connectivity index (χ4v) is 1.44. The molecule has 1 heterocycles. The zero-order chi connectivity index (χ0) is 10.4. The Bertz CT molecular complexity index is 202. The predicted molar refractivity (Wildman–Crippen MR) is 59.4 cm³/mol. The van der Waals surface area contributed by atoms with Gasteiger partial charge in [-0.15, -0.1) is 0 Å². The van der Waals surface area contributed by atoms with Crippen LogP contribution in [-0.4, -0.2) is 42.5 Å². The monoisotopic (exact) mass is 202 g/mol. The Labute approximate surface area is 83.0 Å². The van der Waals surface area contributed by atoms with Crippen molar-refractivity contribution in [2.24, 2.45) is 0 Å². The molecule has 0 aromatic carbocycles. The Morgan fingerprint density at radius 1 is 1.38 bits per heavy atom. The minimum Gasteiger partial charge on any atom is -0.383 e. The molecule has 0 aromatic rings. The van der Waals surface area contributed by atoms with Gasteiger partial charge in [-0.05, 0) is 0 Å². The van der Waals surface area contributed by atoms with Crippen LogP contribution >= 0.6 is 9.39 Å². The first-order valence-electron chi connectivity index (χ1n) is 4.49. The molecule has 0 N–H and O–H groups in total. The minimum absolute atomic E-state index is 0.230. The maximum absolute atomic E-state index is 11.2. The molecule has 0 saturated carbocycles. The number of Topliss-reactive ketones (excluding diaryl/α,β-unsaturated/α-hetero) is 1. The Morgan fingerprint density at radius 2 is 1.92 bits per heavy atom. The van der Waals surface area contributed by atoms with E-state index in [1.54, 1.807) is 0 Å². The van der Waals surface area contributed by atoms with Crippen LogP contribution in [0.1, 0.15) is 13.8 Å². The van der Waals surface area contributed by atoms with Crippen molar-refractivity contribution in [1.29, 1.82) is 0 Å². The zero-order valence-electron chi connectivity index (χ0n) is 8.87. The van der Waals surface area contributed by atoms with Gasteiger partial charge in [-0.25, -0.2) is 0 Å². The van der Waals surface area contributed by atoms with Crippen LogP contribution in [-0.2, 0) is 4.79 Å². The first kappa shape index (κ1) is 12.6. The molecule has 0 aromatic heterocycles. The molecule has 4 heteroatoms. The Kier molecular flexibility index (Phi) is 5.93. The second kappa shape index (κ2) is 6.11. The third-order valence-corrected chi connectivity index (χ3v) is 1.86. The summed E-state index contributed by atoms with van der Waals surface area (Å²) in [5.74, 6) is 0.230. The molecule has 0 bridgehead atoms. The van der Waals surface area contributed by atoms with Gasteiger partial charge in [0.05, 0.1) is 6.54 Å². The van der Waals surface area contributed by atoms with E-state index in [-0.39, 0.29) is 5.78 Å². The molecule has 1 aliphatic rings. The van der Waals surface area contributed by atoms with Crippen LogP contribution in [0, 0.1) is 0 Å². The fraction of sp³-hybridized carbons (Fsp3) is 0.667. The van der Waals surface area contributed by atoms with Crippen molar-refractivity contribution in [1.82, 2.24) is 9.57 Å². The van der Waals surface area contributed by atoms with Crippen molar-refractivity contribution >= 4 is 15.2 Å². The van der Waals surface area contributed by atoms with E-state index in [1.807, 2.05) is 43.7 Å². The van der Waals surface area contributed by atoms with Gasteiger partial charge in [0.2, 0.25) is 0 Å². The van der Waals surface area contributed by atoms with E-state index in [2.05, 4.69) is 9.39 Å². The molecule has 1 aliphatic heterocycles. The third kappa shape index (κ3) is 4.39. The second-order valence-electron chi connectivity index (χ2n) is 2.95. The number of ketones is 1. The van der Waals surface area contributed by atoms with E-state index in [1.165, 1.54) is 0 Å². The average Bonchev–Trinajstić information content (AvgIpc) is 2.33. The molecule has 0 radical (unpaired) electrons. The van der Waals surface area contributed by atoms with E-state index < -0.39 is 0 Å². The van der Waals surface area contributed by atoms with Crippen LogP contribution < -0.4 is 0 Å². The van der Waals surface area contributed by atoms with Crippen LogP contribution in [0.2, 0.25) is 0 Å². The highest BCUT2D eigenvalue weighted by molar-refractivity contribution is 7.13. The molecule has 1 atom stereocenters. The summed E-state index contributed by atoms with van der Waals surface area (Å²) in [5, 5.41) is 0. The zero-order valence-corrected chi connectivity index (χ0v) is 10.0. The third-order valence-electron chi connectivity index (χ3n) is 1.49. The highest BCUT2D eigenvalue weighted by Crippen LogP contribution is 2.14. The van der Waals surface area contributed by atoms with Gasteiger partial charge in [0, 0.05) is 32.4 Å². The lowest BCUT2D eigenvalue weighted by atomic mass is 10.2. The molecule has 0 amide bonds. The summed E-state index contributed by atoms with van der Waals surface area (Å²) in [6, 6.07) is 0. The fourth-order valence-electron chi connectivity index (χ4n) is 1.07. The number of nitrogens with zero attached hydrogens (tertiary/aromatic N) is 2. The molecule has 1 saturated heterocycles. The quantitative estimate of drug-likeness (QED) is 0.470. The number of rotatable bonds is 1. The lowest BCUT2D eigenvalue weighted by molar-refractivity contribution is -0.114. The Morgan fingerprint density at radius 3 is 2.23 bits per heavy atom. The van der Waals surface area contributed by atoms with Crippen LogP contribution in [0.5, 0.6) is 0 Å². The predicted octanol–water partition coefficient (Wildman–Crippen LogP) is 1.13. The van der Waals surface area contributed by atoms with Crippen molar-refractivity contribution in [3.63, 3.8) is 0 Å². The molecular formula is C9H19N2OP. The van der Waals surface area contributed by atoms with Gasteiger partial charge in [-0.3, -0.25) is 9.46 Å². The van der Waals surface area contributed by atoms with E-state index in [0.717, 1.165) is 12.1 Å². The number of hydrogen-bond donors (Lipinski definition) is 0. The Balaban J connectivity index is 0.000000671. The molecular weight excluding hydrogens is 183 g/mol. The summed E-state index contributed by atoms with van der Waals surface area (Å²) in [6.07, 6.45) is 1.88. The minimum atomic E-state index is 0.230. The first-order valence-corrected chi connectivity index (χ1v) is 5.01. The molecule has 1 fully saturated rings. The summed E-state index contributed by atoms with van der Waals surface area (Å²) >= 11 is 0. The highest BCUT2D eigenvalue weighted by atomic mass is 31.0. The van der Waals surface area contributed by atoms with Crippen LogP contribution in [0.25, 0.3) is 0 Å². The number of carbonyl (C=O) groups excluding carboxylic acids is 1. The Hall–Kier alpha value is -0.400. The van der Waals surface area contributed by atoms with Gasteiger partial charge >= 0.3 is 0 Å². The summed E-state index contributed by atoms with van der Waals surface area (Å²) < 4.78 is 1.93. The summed E-state index contributed by atoms with van der Waals surface area (Å²) in [4.78, 5) is 13.1. The van der Waals surface area contributed by atoms with Crippen molar-refractivity contribution in [3.8, 4) is 0 Å². The summed E-state index contributed by atoms with van der Waals surface area (Å²) in [5.41, 5.74) is 0.894. The largest absolute Gasteiger partial charge is 0.383 e. The standard InChI is InChI=1S/C7H13N2OP.C2H6/c1-8(2)3-6-4-9(11)5-7(6)10;1-2/h3H,4-5,11H2,1-2H3;1-2H3/b6-3-;. The normalized spacial score (nSPS) is 20.1. The molecule has 76 valence electrons. The van der Waals surface area contributed by atoms with Gasteiger partial charge < -0.3 is 4.90 Å². The van der Waals surface area contributed by atoms with E-state index in [0.29, 0.717) is 6.54 Å². The smallest absolute Gasteiger partial charge is 0.175 e. The molecule has 0 spiro atoms. The van der Waals surface area contributed by atoms with E-state index in [4.69, 9.17) is 0 Å². The first-order chi connectivity index (χ1) is 6.09. The molecule has 13 heavy (non-hydrogen) atoms. The topological polar surface area (TPSA) is 23.6 Å². The van der Waals surface area contributed by atoms with Crippen molar-refractivity contribution < 1.29 is 4.79 Å². The number of hydrogen-bond acceptors (Lipinski definition) is 3.